The maximum atomic E-state index is 4.12. The van der Waals surface area contributed by atoms with E-state index in [0.717, 1.165) is 0 Å². The zero-order valence-electron chi connectivity index (χ0n) is 12.8. The van der Waals surface area contributed by atoms with E-state index in [0.29, 0.717) is 0 Å². The molecule has 0 N–H and O–H groups in total. The third-order valence-corrected chi connectivity index (χ3v) is 5.28. The van der Waals surface area contributed by atoms with Gasteiger partial charge in [0.25, 0.3) is 0 Å². The molecule has 5 rings (SSSR count). The highest BCUT2D eigenvalue weighted by molar-refractivity contribution is 5.91. The average Bonchev–Trinajstić information content (AvgIpc) is 3.11. The van der Waals surface area contributed by atoms with Crippen molar-refractivity contribution in [1.82, 2.24) is 0 Å². The molecule has 2 aliphatic rings. The lowest BCUT2D eigenvalue weighted by molar-refractivity contribution is 0.787. The van der Waals surface area contributed by atoms with Gasteiger partial charge in [0, 0.05) is 0 Å². The van der Waals surface area contributed by atoms with Crippen LogP contribution >= 0.6 is 0 Å². The van der Waals surface area contributed by atoms with Crippen molar-refractivity contribution >= 4 is 6.08 Å². The summed E-state index contributed by atoms with van der Waals surface area (Å²) in [7, 11) is 0. The largest absolute Gasteiger partial charge is 0.0987 e. The first kappa shape index (κ1) is 12.7. The molecule has 0 unspecified atom stereocenters. The molecular weight excluding hydrogens is 276 g/mol. The number of hydrogen-bond donors (Lipinski definition) is 0. The number of benzene rings is 3. The molecule has 3 aromatic rings. The van der Waals surface area contributed by atoms with Crippen LogP contribution < -0.4 is 0 Å². The summed E-state index contributed by atoms with van der Waals surface area (Å²) in [5.74, 6) is 0. The first-order chi connectivity index (χ1) is 11.4. The van der Waals surface area contributed by atoms with Crippen molar-refractivity contribution < 1.29 is 0 Å². The van der Waals surface area contributed by atoms with E-state index in [-0.39, 0.29) is 5.41 Å². The third-order valence-electron chi connectivity index (χ3n) is 5.28. The predicted octanol–water partition coefficient (Wildman–Crippen LogP) is 5.58. The number of allylic oxidation sites excluding steroid dienone is 2. The fourth-order valence-electron chi connectivity index (χ4n) is 4.44. The van der Waals surface area contributed by atoms with Gasteiger partial charge in [0.2, 0.25) is 0 Å². The maximum absolute atomic E-state index is 4.12. The van der Waals surface area contributed by atoms with Crippen LogP contribution in [0.3, 0.4) is 0 Å². The molecule has 23 heavy (non-hydrogen) atoms. The molecule has 2 aliphatic carbocycles. The van der Waals surface area contributed by atoms with Gasteiger partial charge in [-0.15, -0.1) is 0 Å². The molecule has 0 fully saturated rings. The highest BCUT2D eigenvalue weighted by Gasteiger charge is 2.49. The van der Waals surface area contributed by atoms with Crippen LogP contribution in [0.2, 0.25) is 0 Å². The van der Waals surface area contributed by atoms with Gasteiger partial charge in [-0.1, -0.05) is 85.5 Å². The van der Waals surface area contributed by atoms with Crippen molar-refractivity contribution in [3.8, 4) is 11.1 Å². The molecule has 0 aromatic heterocycles. The minimum Gasteiger partial charge on any atom is -0.0987 e. The van der Waals surface area contributed by atoms with Crippen LogP contribution in [0.15, 0.2) is 91.0 Å². The highest BCUT2D eigenvalue weighted by Crippen LogP contribution is 2.59. The molecule has 0 atom stereocenters. The van der Waals surface area contributed by atoms with Gasteiger partial charge in [-0.25, -0.2) is 0 Å². The molecule has 0 bridgehead atoms. The van der Waals surface area contributed by atoms with Crippen LogP contribution in [-0.4, -0.2) is 0 Å². The van der Waals surface area contributed by atoms with E-state index in [9.17, 15) is 0 Å². The van der Waals surface area contributed by atoms with Crippen LogP contribution in [0.5, 0.6) is 0 Å². The summed E-state index contributed by atoms with van der Waals surface area (Å²) in [6.07, 6.45) is 4.32. The van der Waals surface area contributed by atoms with Crippen LogP contribution in [-0.2, 0) is 5.41 Å². The first-order valence-corrected chi connectivity index (χ1v) is 8.01. The Bertz CT molecular complexity index is 943. The van der Waals surface area contributed by atoms with E-state index in [1.54, 1.807) is 0 Å². The number of fused-ring (bicyclic) bond motifs is 7. The van der Waals surface area contributed by atoms with Gasteiger partial charge in [-0.05, 0) is 45.0 Å². The van der Waals surface area contributed by atoms with E-state index in [1.165, 1.54) is 39.0 Å². The summed E-state index contributed by atoms with van der Waals surface area (Å²) in [6, 6.07) is 26.3. The third kappa shape index (κ3) is 1.37. The van der Waals surface area contributed by atoms with Crippen LogP contribution in [0.4, 0.5) is 0 Å². The SMILES string of the molecule is C=CC1=Cc2ccccc2C12c1ccccc1-c1ccccc12. The first-order valence-electron chi connectivity index (χ1n) is 8.01. The van der Waals surface area contributed by atoms with E-state index >= 15 is 0 Å². The van der Waals surface area contributed by atoms with Gasteiger partial charge >= 0.3 is 0 Å². The fraction of sp³-hybridized carbons (Fsp3) is 0.0435. The predicted molar refractivity (Wildman–Crippen MR) is 96.4 cm³/mol. The van der Waals surface area contributed by atoms with Crippen molar-refractivity contribution in [2.75, 3.05) is 0 Å². The van der Waals surface area contributed by atoms with Gasteiger partial charge in [0.15, 0.2) is 0 Å². The second-order valence-electron chi connectivity index (χ2n) is 6.23. The molecule has 1 spiro atoms. The zero-order chi connectivity index (χ0) is 15.4. The molecule has 0 aliphatic heterocycles. The van der Waals surface area contributed by atoms with Crippen molar-refractivity contribution in [3.05, 3.63) is 113 Å². The van der Waals surface area contributed by atoms with E-state index in [2.05, 4.69) is 85.5 Å². The second-order valence-corrected chi connectivity index (χ2v) is 6.23. The minimum absolute atomic E-state index is 0.203. The molecule has 0 saturated carbocycles. The lowest BCUT2D eigenvalue weighted by atomic mass is 9.70. The van der Waals surface area contributed by atoms with Gasteiger partial charge < -0.3 is 0 Å². The van der Waals surface area contributed by atoms with Crippen LogP contribution in [0, 0.1) is 0 Å². The molecule has 3 aromatic carbocycles. The topological polar surface area (TPSA) is 0 Å². The molecule has 0 saturated heterocycles. The van der Waals surface area contributed by atoms with E-state index in [4.69, 9.17) is 0 Å². The highest BCUT2D eigenvalue weighted by atomic mass is 14.5. The summed E-state index contributed by atoms with van der Waals surface area (Å²) < 4.78 is 0. The summed E-state index contributed by atoms with van der Waals surface area (Å²) in [5, 5.41) is 0. The number of hydrogen-bond acceptors (Lipinski definition) is 0. The average molecular weight is 292 g/mol. The van der Waals surface area contributed by atoms with Gasteiger partial charge in [0.1, 0.15) is 0 Å². The quantitative estimate of drug-likeness (QED) is 0.549. The fourth-order valence-corrected chi connectivity index (χ4v) is 4.44. The molecule has 0 heteroatoms. The summed E-state index contributed by atoms with van der Waals surface area (Å²) >= 11 is 0. The molecule has 0 heterocycles. The summed E-state index contributed by atoms with van der Waals surface area (Å²) in [5.41, 5.74) is 9.16. The second kappa shape index (κ2) is 4.33. The lowest BCUT2D eigenvalue weighted by Gasteiger charge is -2.31. The van der Waals surface area contributed by atoms with Crippen molar-refractivity contribution in [1.29, 1.82) is 0 Å². The minimum atomic E-state index is -0.203. The molecule has 0 amide bonds. The van der Waals surface area contributed by atoms with Crippen molar-refractivity contribution in [2.24, 2.45) is 0 Å². The molecular formula is C23H16. The van der Waals surface area contributed by atoms with Crippen LogP contribution in [0.25, 0.3) is 17.2 Å². The number of rotatable bonds is 1. The van der Waals surface area contributed by atoms with E-state index < -0.39 is 0 Å². The molecule has 108 valence electrons. The van der Waals surface area contributed by atoms with E-state index in [1.807, 2.05) is 6.08 Å². The normalized spacial score (nSPS) is 15.7. The lowest BCUT2D eigenvalue weighted by Crippen LogP contribution is -2.26. The summed E-state index contributed by atoms with van der Waals surface area (Å²) in [4.78, 5) is 0. The molecule has 0 radical (unpaired) electrons. The smallest absolute Gasteiger partial charge is 0.0719 e. The zero-order valence-corrected chi connectivity index (χ0v) is 12.8. The van der Waals surface area contributed by atoms with Gasteiger partial charge in [0.05, 0.1) is 5.41 Å². The Morgan fingerprint density at radius 3 is 1.78 bits per heavy atom. The Hall–Kier alpha value is -2.86. The maximum Gasteiger partial charge on any atom is 0.0719 e. The Morgan fingerprint density at radius 1 is 0.652 bits per heavy atom. The summed E-state index contributed by atoms with van der Waals surface area (Å²) in [6.45, 7) is 4.12. The van der Waals surface area contributed by atoms with Crippen molar-refractivity contribution in [3.63, 3.8) is 0 Å². The van der Waals surface area contributed by atoms with Gasteiger partial charge in [-0.3, -0.25) is 0 Å². The Labute approximate surface area is 136 Å². The monoisotopic (exact) mass is 292 g/mol. The van der Waals surface area contributed by atoms with Crippen molar-refractivity contribution in [2.45, 2.75) is 5.41 Å². The Kier molecular flexibility index (Phi) is 2.38. The Balaban J connectivity index is 2.00. The van der Waals surface area contributed by atoms with Crippen LogP contribution in [0.1, 0.15) is 22.3 Å². The van der Waals surface area contributed by atoms with Gasteiger partial charge in [-0.2, -0.15) is 0 Å². The standard InChI is InChI=1S/C23H16/c1-2-17-15-16-9-3-6-12-20(16)23(17)21-13-7-4-10-18(21)19-11-5-8-14-22(19)23/h2-15H,1H2. The molecule has 0 nitrogen and oxygen atoms in total. The Morgan fingerprint density at radius 2 is 1.17 bits per heavy atom.